The van der Waals surface area contributed by atoms with E-state index in [9.17, 15) is 24.0 Å². The molecule has 11 nitrogen and oxygen atoms in total. The van der Waals surface area contributed by atoms with Crippen LogP contribution in [0.4, 0.5) is 0 Å². The van der Waals surface area contributed by atoms with Gasteiger partial charge in [-0.2, -0.15) is 0 Å². The van der Waals surface area contributed by atoms with Crippen molar-refractivity contribution in [3.05, 3.63) is 35.9 Å². The first-order valence-electron chi connectivity index (χ1n) is 10.8. The van der Waals surface area contributed by atoms with Crippen LogP contribution in [0.3, 0.4) is 0 Å². The molecule has 4 amide bonds. The maximum atomic E-state index is 12.5. The molecule has 9 N–H and O–H groups in total. The van der Waals surface area contributed by atoms with Crippen LogP contribution in [-0.2, 0) is 30.4 Å². The molecule has 184 valence electrons. The minimum atomic E-state index is -0.888. The number of primary amides is 1. The van der Waals surface area contributed by atoms with E-state index in [2.05, 4.69) is 21.7 Å². The molecule has 0 spiro atoms. The zero-order valence-electron chi connectivity index (χ0n) is 19.0. The molecular formula is C22H36N6O5. The first-order valence-corrected chi connectivity index (χ1v) is 10.8. The number of amides is 4. The Morgan fingerprint density at radius 2 is 1.67 bits per heavy atom. The third-order valence-corrected chi connectivity index (χ3v) is 4.65. The molecule has 1 aromatic carbocycles. The van der Waals surface area contributed by atoms with Crippen LogP contribution in [-0.4, -0.2) is 62.1 Å². The van der Waals surface area contributed by atoms with Crippen molar-refractivity contribution in [1.29, 1.82) is 0 Å². The minimum Gasteiger partial charge on any atom is -0.368 e. The number of rotatable bonds is 16. The van der Waals surface area contributed by atoms with Crippen LogP contribution in [0.1, 0.15) is 37.7 Å². The van der Waals surface area contributed by atoms with Crippen molar-refractivity contribution >= 4 is 30.4 Å². The lowest BCUT2D eigenvalue weighted by Crippen LogP contribution is -2.52. The summed E-state index contributed by atoms with van der Waals surface area (Å²) in [4.78, 5) is 57.3. The molecule has 11 heteroatoms. The smallest absolute Gasteiger partial charge is 0.243 e. The number of nitrogens with two attached hydrogens (primary N) is 3. The van der Waals surface area contributed by atoms with Crippen molar-refractivity contribution in [3.8, 4) is 0 Å². The highest BCUT2D eigenvalue weighted by molar-refractivity contribution is 5.90. The second-order valence-electron chi connectivity index (χ2n) is 7.17. The molecule has 0 bridgehead atoms. The second kappa shape index (κ2) is 18.3. The van der Waals surface area contributed by atoms with Gasteiger partial charge in [-0.3, -0.25) is 19.2 Å². The molecule has 0 aromatic heterocycles. The van der Waals surface area contributed by atoms with Crippen LogP contribution in [0.2, 0.25) is 0 Å². The van der Waals surface area contributed by atoms with Crippen molar-refractivity contribution in [2.75, 3.05) is 13.6 Å². The highest BCUT2D eigenvalue weighted by Crippen LogP contribution is 2.06. The van der Waals surface area contributed by atoms with Crippen molar-refractivity contribution in [2.24, 2.45) is 17.2 Å². The second-order valence-corrected chi connectivity index (χ2v) is 7.17. The third kappa shape index (κ3) is 13.7. The predicted molar refractivity (Wildman–Crippen MR) is 125 cm³/mol. The summed E-state index contributed by atoms with van der Waals surface area (Å²) in [5, 5.41) is 7.76. The normalized spacial score (nSPS) is 12.7. The van der Waals surface area contributed by atoms with Gasteiger partial charge in [-0.25, -0.2) is 0 Å². The largest absolute Gasteiger partial charge is 0.368 e. The number of nitrogens with one attached hydrogen (secondary N) is 3. The van der Waals surface area contributed by atoms with E-state index < -0.39 is 29.9 Å². The summed E-state index contributed by atoms with van der Waals surface area (Å²) in [6.45, 7) is 0.387. The maximum absolute atomic E-state index is 12.5. The standard InChI is InChI=1S/C21H31N5O5.CH5N/c22-16(13-27)9-10-19(29)24-11-5-4-8-17(20(23)30)26-21(31)18(25-14-28)12-15-6-2-1-3-7-15;1-2/h1-3,6-7,13-14,16-18H,4-5,8-12,22H2,(H2,23,30)(H,24,29)(H,25,28)(H,26,31);2H2,1H3. The van der Waals surface area contributed by atoms with Crippen molar-refractivity contribution < 1.29 is 24.0 Å². The minimum absolute atomic E-state index is 0.159. The number of hydrogen-bond acceptors (Lipinski definition) is 7. The third-order valence-electron chi connectivity index (χ3n) is 4.65. The number of unbranched alkanes of at least 4 members (excludes halogenated alkanes) is 1. The predicted octanol–water partition coefficient (Wildman–Crippen LogP) is -1.52. The van der Waals surface area contributed by atoms with Gasteiger partial charge in [-0.05, 0) is 38.3 Å². The van der Waals surface area contributed by atoms with Gasteiger partial charge in [-0.1, -0.05) is 30.3 Å². The van der Waals surface area contributed by atoms with Gasteiger partial charge in [0, 0.05) is 19.4 Å². The molecule has 0 heterocycles. The van der Waals surface area contributed by atoms with Gasteiger partial charge < -0.3 is 37.9 Å². The Hall–Kier alpha value is -3.31. The van der Waals surface area contributed by atoms with E-state index in [1.807, 2.05) is 30.3 Å². The lowest BCUT2D eigenvalue weighted by atomic mass is 10.0. The van der Waals surface area contributed by atoms with Gasteiger partial charge in [0.05, 0.1) is 6.04 Å². The number of carbonyl (C=O) groups is 5. The Balaban J connectivity index is 0.00000497. The Morgan fingerprint density at radius 3 is 2.24 bits per heavy atom. The van der Waals surface area contributed by atoms with Gasteiger partial charge >= 0.3 is 0 Å². The van der Waals surface area contributed by atoms with Gasteiger partial charge in [0.25, 0.3) is 0 Å². The van der Waals surface area contributed by atoms with Crippen LogP contribution in [0.5, 0.6) is 0 Å². The molecule has 33 heavy (non-hydrogen) atoms. The lowest BCUT2D eigenvalue weighted by molar-refractivity contribution is -0.129. The van der Waals surface area contributed by atoms with Crippen LogP contribution in [0.25, 0.3) is 0 Å². The summed E-state index contributed by atoms with van der Waals surface area (Å²) < 4.78 is 0. The Labute approximate surface area is 194 Å². The average Bonchev–Trinajstić information content (AvgIpc) is 2.82. The van der Waals surface area contributed by atoms with Crippen LogP contribution >= 0.6 is 0 Å². The fourth-order valence-corrected chi connectivity index (χ4v) is 2.87. The molecule has 1 rings (SSSR count). The fourth-order valence-electron chi connectivity index (χ4n) is 2.87. The molecule has 0 saturated heterocycles. The van der Waals surface area contributed by atoms with E-state index in [4.69, 9.17) is 11.5 Å². The Kier molecular flexibility index (Phi) is 16.4. The Morgan fingerprint density at radius 1 is 1.00 bits per heavy atom. The van der Waals surface area contributed by atoms with E-state index in [1.54, 1.807) is 0 Å². The first-order chi connectivity index (χ1) is 15.9. The van der Waals surface area contributed by atoms with Crippen molar-refractivity contribution in [3.63, 3.8) is 0 Å². The van der Waals surface area contributed by atoms with Crippen LogP contribution < -0.4 is 33.2 Å². The molecule has 0 fully saturated rings. The highest BCUT2D eigenvalue weighted by atomic mass is 16.2. The maximum Gasteiger partial charge on any atom is 0.243 e. The average molecular weight is 465 g/mol. The van der Waals surface area contributed by atoms with Crippen molar-refractivity contribution in [2.45, 2.75) is 56.7 Å². The summed E-state index contributed by atoms with van der Waals surface area (Å²) in [5.74, 6) is -1.38. The zero-order valence-corrected chi connectivity index (χ0v) is 19.0. The molecule has 0 saturated carbocycles. The molecule has 0 aliphatic heterocycles. The Bertz CT molecular complexity index is 731. The molecule has 0 radical (unpaired) electrons. The monoisotopic (exact) mass is 464 g/mol. The molecule has 0 aliphatic carbocycles. The molecule has 0 aliphatic rings. The number of carbonyl (C=O) groups excluding carboxylic acids is 5. The fraction of sp³-hybridized carbons (Fsp3) is 0.500. The number of aldehydes is 1. The van der Waals surface area contributed by atoms with Crippen LogP contribution in [0.15, 0.2) is 30.3 Å². The summed E-state index contributed by atoms with van der Waals surface area (Å²) in [6.07, 6.45) is 3.16. The molecule has 1 aromatic rings. The van der Waals surface area contributed by atoms with Crippen LogP contribution in [0, 0.1) is 0 Å². The molecule has 3 atom stereocenters. The van der Waals surface area contributed by atoms with Gasteiger partial charge in [0.1, 0.15) is 18.4 Å². The number of hydrogen-bond donors (Lipinski definition) is 6. The molecule has 3 unspecified atom stereocenters. The SMILES string of the molecule is CN.NC(=O)C(CCCCNC(=O)CCC(N)C=O)NC(=O)C(Cc1ccccc1)NC=O. The van der Waals surface area contributed by atoms with Crippen molar-refractivity contribution in [1.82, 2.24) is 16.0 Å². The number of benzene rings is 1. The zero-order chi connectivity index (χ0) is 25.1. The summed E-state index contributed by atoms with van der Waals surface area (Å²) in [6, 6.07) is 6.79. The van der Waals surface area contributed by atoms with E-state index in [1.165, 1.54) is 7.05 Å². The summed E-state index contributed by atoms with van der Waals surface area (Å²) in [7, 11) is 1.50. The molecular weight excluding hydrogens is 428 g/mol. The van der Waals surface area contributed by atoms with E-state index in [0.29, 0.717) is 38.5 Å². The van der Waals surface area contributed by atoms with E-state index in [-0.39, 0.29) is 25.2 Å². The van der Waals surface area contributed by atoms with Gasteiger partial charge in [0.15, 0.2) is 0 Å². The topological polar surface area (TPSA) is 200 Å². The van der Waals surface area contributed by atoms with Gasteiger partial charge in [-0.15, -0.1) is 0 Å². The first kappa shape index (κ1) is 29.7. The summed E-state index contributed by atoms with van der Waals surface area (Å²) >= 11 is 0. The lowest BCUT2D eigenvalue weighted by Gasteiger charge is -2.20. The van der Waals surface area contributed by atoms with E-state index in [0.717, 1.165) is 5.56 Å². The van der Waals surface area contributed by atoms with E-state index >= 15 is 0 Å². The highest BCUT2D eigenvalue weighted by Gasteiger charge is 2.24. The van der Waals surface area contributed by atoms with Gasteiger partial charge in [0.2, 0.25) is 24.1 Å². The summed E-state index contributed by atoms with van der Waals surface area (Å²) in [5.41, 5.74) is 16.2. The quantitative estimate of drug-likeness (QED) is 0.126.